The molecule has 2 aromatic rings. The Morgan fingerprint density at radius 1 is 1.10 bits per heavy atom. The Labute approximate surface area is 141 Å². The van der Waals surface area contributed by atoms with Crippen LogP contribution in [-0.4, -0.2) is 5.96 Å². The van der Waals surface area contributed by atoms with Crippen LogP contribution in [0.25, 0.3) is 0 Å². The maximum Gasteiger partial charge on any atom is 0.193 e. The van der Waals surface area contributed by atoms with Crippen LogP contribution in [0.1, 0.15) is 16.7 Å². The number of anilines is 1. The molecule has 0 bridgehead atoms. The second-order valence-corrected chi connectivity index (χ2v) is 4.83. The average molecular weight is 399 g/mol. The second kappa shape index (κ2) is 7.97. The van der Waals surface area contributed by atoms with Crippen LogP contribution in [0.5, 0.6) is 0 Å². The molecule has 2 rings (SSSR count). The normalized spacial score (nSPS) is 10.9. The highest BCUT2D eigenvalue weighted by atomic mass is 127. The highest BCUT2D eigenvalue weighted by molar-refractivity contribution is 14.0. The molecular formula is C16H19FIN3. The number of benzene rings is 2. The van der Waals surface area contributed by atoms with Gasteiger partial charge in [0.05, 0.1) is 6.54 Å². The fourth-order valence-corrected chi connectivity index (χ4v) is 2.00. The number of hydrogen-bond acceptors (Lipinski definition) is 1. The van der Waals surface area contributed by atoms with Gasteiger partial charge in [0.2, 0.25) is 0 Å². The summed E-state index contributed by atoms with van der Waals surface area (Å²) in [7, 11) is 0. The largest absolute Gasteiger partial charge is 0.370 e. The summed E-state index contributed by atoms with van der Waals surface area (Å²) in [5.41, 5.74) is 10.0. The minimum Gasteiger partial charge on any atom is -0.370 e. The molecule has 0 amide bonds. The van der Waals surface area contributed by atoms with E-state index in [9.17, 15) is 4.39 Å². The summed E-state index contributed by atoms with van der Waals surface area (Å²) in [6.45, 7) is 4.48. The van der Waals surface area contributed by atoms with Gasteiger partial charge in [0.25, 0.3) is 0 Å². The summed E-state index contributed by atoms with van der Waals surface area (Å²) in [5, 5.41) is 3.06. The molecule has 0 fully saturated rings. The summed E-state index contributed by atoms with van der Waals surface area (Å²) >= 11 is 0. The Morgan fingerprint density at radius 2 is 1.67 bits per heavy atom. The Bertz CT molecular complexity index is 604. The zero-order chi connectivity index (χ0) is 14.5. The lowest BCUT2D eigenvalue weighted by Crippen LogP contribution is -2.22. The van der Waals surface area contributed by atoms with Crippen molar-refractivity contribution in [3.8, 4) is 0 Å². The van der Waals surface area contributed by atoms with E-state index < -0.39 is 0 Å². The van der Waals surface area contributed by atoms with Gasteiger partial charge >= 0.3 is 0 Å². The third-order valence-electron chi connectivity index (χ3n) is 2.84. The first-order chi connectivity index (χ1) is 9.52. The molecule has 0 heterocycles. The van der Waals surface area contributed by atoms with Crippen LogP contribution in [0.15, 0.2) is 47.5 Å². The van der Waals surface area contributed by atoms with Gasteiger partial charge in [-0.3, -0.25) is 0 Å². The summed E-state index contributed by atoms with van der Waals surface area (Å²) in [4.78, 5) is 4.24. The molecule has 0 aliphatic heterocycles. The van der Waals surface area contributed by atoms with Gasteiger partial charge in [-0.15, -0.1) is 24.0 Å². The molecule has 0 aliphatic rings. The van der Waals surface area contributed by atoms with E-state index in [4.69, 9.17) is 5.73 Å². The van der Waals surface area contributed by atoms with E-state index in [1.54, 1.807) is 12.1 Å². The Hall–Kier alpha value is -1.63. The molecule has 0 aliphatic carbocycles. The first kappa shape index (κ1) is 17.4. The molecule has 21 heavy (non-hydrogen) atoms. The van der Waals surface area contributed by atoms with Gasteiger partial charge in [-0.25, -0.2) is 9.38 Å². The first-order valence-corrected chi connectivity index (χ1v) is 6.42. The first-order valence-electron chi connectivity index (χ1n) is 6.42. The molecule has 0 aromatic heterocycles. The molecule has 3 nitrogen and oxygen atoms in total. The maximum absolute atomic E-state index is 12.8. The number of rotatable bonds is 3. The zero-order valence-electron chi connectivity index (χ0n) is 12.1. The molecule has 112 valence electrons. The Balaban J connectivity index is 0.00000220. The van der Waals surface area contributed by atoms with Crippen LogP contribution in [-0.2, 0) is 6.54 Å². The van der Waals surface area contributed by atoms with Crippen molar-refractivity contribution in [2.45, 2.75) is 20.4 Å². The van der Waals surface area contributed by atoms with Gasteiger partial charge in [0.15, 0.2) is 5.96 Å². The molecule has 2 aromatic carbocycles. The summed E-state index contributed by atoms with van der Waals surface area (Å²) in [6.07, 6.45) is 0. The van der Waals surface area contributed by atoms with E-state index in [2.05, 4.69) is 16.4 Å². The summed E-state index contributed by atoms with van der Waals surface area (Å²) in [5.74, 6) is 0.0957. The number of nitrogens with zero attached hydrogens (tertiary/aromatic N) is 1. The van der Waals surface area contributed by atoms with Crippen LogP contribution in [0.4, 0.5) is 10.1 Å². The van der Waals surface area contributed by atoms with Crippen molar-refractivity contribution in [3.05, 3.63) is 65.0 Å². The van der Waals surface area contributed by atoms with Crippen LogP contribution < -0.4 is 11.1 Å². The molecule has 0 radical (unpaired) electrons. The molecule has 3 N–H and O–H groups in total. The van der Waals surface area contributed by atoms with Gasteiger partial charge in [-0.2, -0.15) is 0 Å². The smallest absolute Gasteiger partial charge is 0.193 e. The van der Waals surface area contributed by atoms with E-state index >= 15 is 0 Å². The molecule has 0 atom stereocenters. The number of halogens is 2. The van der Waals surface area contributed by atoms with Crippen molar-refractivity contribution in [3.63, 3.8) is 0 Å². The third-order valence-corrected chi connectivity index (χ3v) is 2.84. The predicted octanol–water partition coefficient (Wildman–Crippen LogP) is 3.99. The fraction of sp³-hybridized carbons (Fsp3) is 0.188. The van der Waals surface area contributed by atoms with Gasteiger partial charge in [-0.05, 0) is 54.8 Å². The number of guanidine groups is 1. The van der Waals surface area contributed by atoms with Crippen LogP contribution in [0, 0.1) is 19.7 Å². The van der Waals surface area contributed by atoms with Crippen molar-refractivity contribution in [1.82, 2.24) is 0 Å². The number of nitrogens with two attached hydrogens (primary N) is 1. The van der Waals surface area contributed by atoms with E-state index in [1.165, 1.54) is 23.3 Å². The van der Waals surface area contributed by atoms with E-state index in [0.717, 1.165) is 11.3 Å². The molecule has 0 saturated carbocycles. The number of aryl methyl sites for hydroxylation is 2. The number of hydrogen-bond donors (Lipinski definition) is 2. The van der Waals surface area contributed by atoms with E-state index in [-0.39, 0.29) is 29.8 Å². The molecular weight excluding hydrogens is 380 g/mol. The lowest BCUT2D eigenvalue weighted by molar-refractivity contribution is 0.627. The highest BCUT2D eigenvalue weighted by Gasteiger charge is 1.98. The SMILES string of the molecule is Cc1cc(C)cc(NC(N)=NCc2ccc(F)cc2)c1.I. The van der Waals surface area contributed by atoms with E-state index in [1.807, 2.05) is 26.0 Å². The Morgan fingerprint density at radius 3 is 2.24 bits per heavy atom. The van der Waals surface area contributed by atoms with Crippen molar-refractivity contribution < 1.29 is 4.39 Å². The van der Waals surface area contributed by atoms with Gasteiger partial charge < -0.3 is 11.1 Å². The average Bonchev–Trinajstić information content (AvgIpc) is 2.37. The summed E-state index contributed by atoms with van der Waals surface area (Å²) < 4.78 is 12.8. The summed E-state index contributed by atoms with van der Waals surface area (Å²) in [6, 6.07) is 12.3. The quantitative estimate of drug-likeness (QED) is 0.466. The number of aliphatic imine (C=N–C) groups is 1. The van der Waals surface area contributed by atoms with Crippen LogP contribution in [0.3, 0.4) is 0 Å². The topological polar surface area (TPSA) is 50.4 Å². The molecule has 0 unspecified atom stereocenters. The second-order valence-electron chi connectivity index (χ2n) is 4.83. The monoisotopic (exact) mass is 399 g/mol. The fourth-order valence-electron chi connectivity index (χ4n) is 2.00. The third kappa shape index (κ3) is 5.71. The predicted molar refractivity (Wildman–Crippen MR) is 96.7 cm³/mol. The lowest BCUT2D eigenvalue weighted by atomic mass is 10.1. The minimum absolute atomic E-state index is 0. The zero-order valence-corrected chi connectivity index (χ0v) is 14.4. The van der Waals surface area contributed by atoms with Gasteiger partial charge in [0.1, 0.15) is 5.82 Å². The Kier molecular flexibility index (Phi) is 6.61. The van der Waals surface area contributed by atoms with Crippen molar-refractivity contribution in [2.75, 3.05) is 5.32 Å². The van der Waals surface area contributed by atoms with Crippen molar-refractivity contribution >= 4 is 35.6 Å². The van der Waals surface area contributed by atoms with Crippen molar-refractivity contribution in [1.29, 1.82) is 0 Å². The lowest BCUT2D eigenvalue weighted by Gasteiger charge is -2.08. The van der Waals surface area contributed by atoms with Crippen LogP contribution in [0.2, 0.25) is 0 Å². The molecule has 0 spiro atoms. The minimum atomic E-state index is -0.251. The van der Waals surface area contributed by atoms with Crippen molar-refractivity contribution in [2.24, 2.45) is 10.7 Å². The highest BCUT2D eigenvalue weighted by Crippen LogP contribution is 2.13. The van der Waals surface area contributed by atoms with Crippen LogP contribution >= 0.6 is 24.0 Å². The molecule has 0 saturated heterocycles. The maximum atomic E-state index is 12.8. The standard InChI is InChI=1S/C16H18FN3.HI/c1-11-7-12(2)9-15(8-11)20-16(18)19-10-13-3-5-14(17)6-4-13;/h3-9H,10H2,1-2H3,(H3,18,19,20);1H. The van der Waals surface area contributed by atoms with Gasteiger partial charge in [-0.1, -0.05) is 18.2 Å². The molecule has 5 heteroatoms. The number of nitrogens with one attached hydrogen (secondary N) is 1. The van der Waals surface area contributed by atoms with Gasteiger partial charge in [0, 0.05) is 5.69 Å². The van der Waals surface area contributed by atoms with E-state index in [0.29, 0.717) is 12.5 Å².